The van der Waals surface area contributed by atoms with Gasteiger partial charge in [0.25, 0.3) is 0 Å². The van der Waals surface area contributed by atoms with Gasteiger partial charge in [0.05, 0.1) is 6.61 Å². The Morgan fingerprint density at radius 3 is 2.39 bits per heavy atom. The van der Waals surface area contributed by atoms with Crippen LogP contribution >= 0.6 is 0 Å². The highest BCUT2D eigenvalue weighted by molar-refractivity contribution is 5.51. The molecule has 3 aromatic carbocycles. The van der Waals surface area contributed by atoms with Gasteiger partial charge in [0.15, 0.2) is 0 Å². The smallest absolute Gasteiger partial charge is 0.126 e. The molecule has 0 aliphatic carbocycles. The van der Waals surface area contributed by atoms with Crippen LogP contribution < -0.4 is 9.47 Å². The standard InChI is InChI=1S/C29H33NO3/c1-21-5-7-22(8-6-21)27-20-33-28-19-24(31)11-14-26(28)29(27)23-9-12-25(13-10-23)32-18-17-30-15-3-2-4-16-30/h5-14,19,27,29,31H,2-4,15-18,20H2,1H3/t27-,29-/m1/s1. The number of likely N-dealkylation sites (tertiary alicyclic amines) is 1. The van der Waals surface area contributed by atoms with Gasteiger partial charge in [0.2, 0.25) is 0 Å². The van der Waals surface area contributed by atoms with E-state index in [1.54, 1.807) is 12.1 Å². The highest BCUT2D eigenvalue weighted by atomic mass is 16.5. The summed E-state index contributed by atoms with van der Waals surface area (Å²) in [6, 6.07) is 22.8. The van der Waals surface area contributed by atoms with Crippen molar-refractivity contribution in [2.75, 3.05) is 32.8 Å². The Hall–Kier alpha value is -2.98. The van der Waals surface area contributed by atoms with E-state index in [1.807, 2.05) is 6.07 Å². The molecule has 0 spiro atoms. The molecule has 1 saturated heterocycles. The van der Waals surface area contributed by atoms with Gasteiger partial charge in [-0.2, -0.15) is 0 Å². The average Bonchev–Trinajstić information content (AvgIpc) is 2.85. The molecule has 2 heterocycles. The van der Waals surface area contributed by atoms with Crippen molar-refractivity contribution in [2.24, 2.45) is 0 Å². The molecule has 4 nitrogen and oxygen atoms in total. The molecule has 0 bridgehead atoms. The van der Waals surface area contributed by atoms with Gasteiger partial charge in [0.1, 0.15) is 23.9 Å². The number of phenols is 1. The molecule has 33 heavy (non-hydrogen) atoms. The third-order valence-electron chi connectivity index (χ3n) is 7.02. The number of rotatable bonds is 6. The number of hydrogen-bond donors (Lipinski definition) is 1. The molecule has 4 heteroatoms. The summed E-state index contributed by atoms with van der Waals surface area (Å²) in [5.41, 5.74) is 4.87. The summed E-state index contributed by atoms with van der Waals surface area (Å²) in [6.45, 7) is 6.81. The van der Waals surface area contributed by atoms with E-state index in [2.05, 4.69) is 60.4 Å². The van der Waals surface area contributed by atoms with Gasteiger partial charge in [-0.15, -0.1) is 0 Å². The maximum Gasteiger partial charge on any atom is 0.126 e. The first kappa shape index (κ1) is 21.8. The topological polar surface area (TPSA) is 41.9 Å². The van der Waals surface area contributed by atoms with Gasteiger partial charge in [-0.3, -0.25) is 4.90 Å². The molecule has 0 saturated carbocycles. The van der Waals surface area contributed by atoms with Gasteiger partial charge in [0, 0.05) is 30.0 Å². The SMILES string of the molecule is Cc1ccc([C@H]2COc3cc(O)ccc3[C@H]2c2ccc(OCCN3CCCCC3)cc2)cc1. The second-order valence-electron chi connectivity index (χ2n) is 9.35. The van der Waals surface area contributed by atoms with Crippen LogP contribution in [0.2, 0.25) is 0 Å². The van der Waals surface area contributed by atoms with Crippen molar-refractivity contribution in [3.8, 4) is 17.2 Å². The van der Waals surface area contributed by atoms with Crippen LogP contribution in [0, 0.1) is 6.92 Å². The van der Waals surface area contributed by atoms with Crippen molar-refractivity contribution in [1.29, 1.82) is 0 Å². The van der Waals surface area contributed by atoms with Gasteiger partial charge in [-0.25, -0.2) is 0 Å². The minimum absolute atomic E-state index is 0.152. The Balaban J connectivity index is 1.36. The predicted molar refractivity (Wildman–Crippen MR) is 132 cm³/mol. The minimum Gasteiger partial charge on any atom is -0.508 e. The van der Waals surface area contributed by atoms with E-state index in [0.29, 0.717) is 6.61 Å². The number of aryl methyl sites for hydroxylation is 1. The molecular formula is C29H33NO3. The van der Waals surface area contributed by atoms with Gasteiger partial charge >= 0.3 is 0 Å². The normalized spacial score (nSPS) is 20.6. The van der Waals surface area contributed by atoms with E-state index in [9.17, 15) is 5.11 Å². The lowest BCUT2D eigenvalue weighted by Gasteiger charge is -2.34. The third-order valence-corrected chi connectivity index (χ3v) is 7.02. The Morgan fingerprint density at radius 2 is 1.64 bits per heavy atom. The van der Waals surface area contributed by atoms with Crippen LogP contribution in [0.4, 0.5) is 0 Å². The largest absolute Gasteiger partial charge is 0.508 e. The Kier molecular flexibility index (Phi) is 6.54. The summed E-state index contributed by atoms with van der Waals surface area (Å²) in [7, 11) is 0. The fourth-order valence-electron chi connectivity index (χ4n) is 5.16. The molecule has 2 aliphatic heterocycles. The van der Waals surface area contributed by atoms with E-state index in [4.69, 9.17) is 9.47 Å². The molecule has 2 atom stereocenters. The van der Waals surface area contributed by atoms with Crippen molar-refractivity contribution in [1.82, 2.24) is 4.90 Å². The zero-order valence-electron chi connectivity index (χ0n) is 19.4. The highest BCUT2D eigenvalue weighted by Gasteiger charge is 2.33. The Bertz CT molecular complexity index is 1060. The lowest BCUT2D eigenvalue weighted by molar-refractivity contribution is 0.183. The first-order valence-corrected chi connectivity index (χ1v) is 12.1. The number of benzene rings is 3. The first-order chi connectivity index (χ1) is 16.2. The van der Waals surface area contributed by atoms with E-state index >= 15 is 0 Å². The fraction of sp³-hybridized carbons (Fsp3) is 0.379. The summed E-state index contributed by atoms with van der Waals surface area (Å²) in [5.74, 6) is 2.28. The minimum atomic E-state index is 0.152. The monoisotopic (exact) mass is 443 g/mol. The van der Waals surface area contributed by atoms with Gasteiger partial charge in [-0.1, -0.05) is 54.4 Å². The molecule has 0 unspecified atom stereocenters. The second kappa shape index (κ2) is 9.88. The predicted octanol–water partition coefficient (Wildman–Crippen LogP) is 5.87. The number of ether oxygens (including phenoxy) is 2. The van der Waals surface area contributed by atoms with Crippen LogP contribution in [0.25, 0.3) is 0 Å². The zero-order chi connectivity index (χ0) is 22.6. The summed E-state index contributed by atoms with van der Waals surface area (Å²) < 4.78 is 12.2. The average molecular weight is 444 g/mol. The number of piperidine rings is 1. The summed E-state index contributed by atoms with van der Waals surface area (Å²) >= 11 is 0. The van der Waals surface area contributed by atoms with Crippen LogP contribution in [-0.2, 0) is 0 Å². The number of phenolic OH excluding ortho intramolecular Hbond substituents is 1. The molecular weight excluding hydrogens is 410 g/mol. The van der Waals surface area contributed by atoms with Crippen molar-refractivity contribution in [3.05, 3.63) is 89.0 Å². The van der Waals surface area contributed by atoms with Crippen LogP contribution in [0.15, 0.2) is 66.7 Å². The first-order valence-electron chi connectivity index (χ1n) is 12.1. The number of aromatic hydroxyl groups is 1. The highest BCUT2D eigenvalue weighted by Crippen LogP contribution is 2.47. The summed E-state index contributed by atoms with van der Waals surface area (Å²) in [4.78, 5) is 2.50. The maximum atomic E-state index is 9.97. The van der Waals surface area contributed by atoms with E-state index < -0.39 is 0 Å². The lowest BCUT2D eigenvalue weighted by atomic mass is 9.76. The van der Waals surface area contributed by atoms with Gasteiger partial charge in [-0.05, 0) is 62.2 Å². The molecule has 1 fully saturated rings. The fourth-order valence-corrected chi connectivity index (χ4v) is 5.16. The maximum absolute atomic E-state index is 9.97. The quantitative estimate of drug-likeness (QED) is 0.517. The summed E-state index contributed by atoms with van der Waals surface area (Å²) in [5, 5.41) is 9.97. The van der Waals surface area contributed by atoms with E-state index in [0.717, 1.165) is 30.2 Å². The van der Waals surface area contributed by atoms with Crippen molar-refractivity contribution in [2.45, 2.75) is 38.0 Å². The number of fused-ring (bicyclic) bond motifs is 1. The van der Waals surface area contributed by atoms with Crippen LogP contribution in [0.1, 0.15) is 53.4 Å². The molecule has 0 amide bonds. The van der Waals surface area contributed by atoms with Crippen molar-refractivity contribution < 1.29 is 14.6 Å². The Morgan fingerprint density at radius 1 is 0.909 bits per heavy atom. The second-order valence-corrected chi connectivity index (χ2v) is 9.35. The number of hydrogen-bond acceptors (Lipinski definition) is 4. The molecule has 172 valence electrons. The zero-order valence-corrected chi connectivity index (χ0v) is 19.4. The number of nitrogens with zero attached hydrogens (tertiary/aromatic N) is 1. The van der Waals surface area contributed by atoms with Gasteiger partial charge < -0.3 is 14.6 Å². The van der Waals surface area contributed by atoms with Crippen LogP contribution in [0.5, 0.6) is 17.2 Å². The molecule has 0 aromatic heterocycles. The molecule has 1 N–H and O–H groups in total. The van der Waals surface area contributed by atoms with Crippen LogP contribution in [0.3, 0.4) is 0 Å². The lowest BCUT2D eigenvalue weighted by Crippen LogP contribution is -2.33. The van der Waals surface area contributed by atoms with Crippen molar-refractivity contribution in [3.63, 3.8) is 0 Å². The summed E-state index contributed by atoms with van der Waals surface area (Å²) in [6.07, 6.45) is 3.97. The Labute approximate surface area is 196 Å². The molecule has 2 aliphatic rings. The molecule has 3 aromatic rings. The van der Waals surface area contributed by atoms with E-state index in [1.165, 1.54) is 49.0 Å². The molecule has 0 radical (unpaired) electrons. The van der Waals surface area contributed by atoms with E-state index in [-0.39, 0.29) is 17.6 Å². The third kappa shape index (κ3) is 5.01. The van der Waals surface area contributed by atoms with Crippen LogP contribution in [-0.4, -0.2) is 42.9 Å². The van der Waals surface area contributed by atoms with Crippen molar-refractivity contribution >= 4 is 0 Å². The molecule has 5 rings (SSSR count).